The predicted molar refractivity (Wildman–Crippen MR) is 109 cm³/mol. The number of aliphatic imine (C=N–C) groups is 1. The summed E-state index contributed by atoms with van der Waals surface area (Å²) in [5, 5.41) is 16.5. The summed E-state index contributed by atoms with van der Waals surface area (Å²) in [4.78, 5) is 4.50. The second kappa shape index (κ2) is 11.0. The van der Waals surface area contributed by atoms with Crippen molar-refractivity contribution in [2.45, 2.75) is 32.9 Å². The SMILES string of the molecule is CCNC(=NCc1cccc(OC)c1O)NCC(CC)Oc1ccccc1F. The van der Waals surface area contributed by atoms with Crippen molar-refractivity contribution in [3.05, 3.63) is 53.8 Å². The van der Waals surface area contributed by atoms with Crippen LogP contribution in [0.3, 0.4) is 0 Å². The lowest BCUT2D eigenvalue weighted by atomic mass is 10.2. The first kappa shape index (κ1) is 21.3. The highest BCUT2D eigenvalue weighted by atomic mass is 19.1. The summed E-state index contributed by atoms with van der Waals surface area (Å²) in [6.45, 7) is 5.36. The van der Waals surface area contributed by atoms with E-state index in [4.69, 9.17) is 9.47 Å². The van der Waals surface area contributed by atoms with Gasteiger partial charge in [0.05, 0.1) is 20.2 Å². The lowest BCUT2D eigenvalue weighted by Crippen LogP contribution is -2.42. The first-order valence-electron chi connectivity index (χ1n) is 9.37. The molecule has 0 aliphatic carbocycles. The Morgan fingerprint density at radius 2 is 1.86 bits per heavy atom. The van der Waals surface area contributed by atoms with Crippen molar-refractivity contribution in [3.8, 4) is 17.2 Å². The standard InChI is InChI=1S/C21H28FN3O3/c1-4-16(28-18-11-7-6-10-17(18)22)14-25-21(23-5-2)24-13-15-9-8-12-19(27-3)20(15)26/h6-12,16,26H,4-5,13-14H2,1-3H3,(H2,23,24,25). The highest BCUT2D eigenvalue weighted by molar-refractivity contribution is 5.79. The van der Waals surface area contributed by atoms with E-state index in [-0.39, 0.29) is 30.0 Å². The Morgan fingerprint density at radius 3 is 2.54 bits per heavy atom. The van der Waals surface area contributed by atoms with Gasteiger partial charge in [-0.15, -0.1) is 0 Å². The molecular weight excluding hydrogens is 361 g/mol. The molecule has 6 nitrogen and oxygen atoms in total. The number of rotatable bonds is 9. The van der Waals surface area contributed by atoms with E-state index in [1.54, 1.807) is 36.4 Å². The molecule has 3 N–H and O–H groups in total. The van der Waals surface area contributed by atoms with Gasteiger partial charge in [-0.2, -0.15) is 0 Å². The van der Waals surface area contributed by atoms with Crippen LogP contribution in [0, 0.1) is 5.82 Å². The highest BCUT2D eigenvalue weighted by Gasteiger charge is 2.12. The summed E-state index contributed by atoms with van der Waals surface area (Å²) in [6, 6.07) is 11.7. The summed E-state index contributed by atoms with van der Waals surface area (Å²) >= 11 is 0. The third kappa shape index (κ3) is 6.04. The number of benzene rings is 2. The average Bonchev–Trinajstić information content (AvgIpc) is 2.71. The molecule has 2 aromatic rings. The Bertz CT molecular complexity index is 783. The summed E-state index contributed by atoms with van der Waals surface area (Å²) < 4.78 is 24.7. The number of nitrogens with one attached hydrogen (secondary N) is 2. The van der Waals surface area contributed by atoms with E-state index in [9.17, 15) is 9.50 Å². The number of nitrogens with zero attached hydrogens (tertiary/aromatic N) is 1. The molecule has 0 saturated heterocycles. The van der Waals surface area contributed by atoms with Crippen LogP contribution in [0.1, 0.15) is 25.8 Å². The number of hydrogen-bond acceptors (Lipinski definition) is 4. The van der Waals surface area contributed by atoms with Crippen molar-refractivity contribution in [2.24, 2.45) is 4.99 Å². The molecule has 0 saturated carbocycles. The number of phenolic OH excluding ortho intramolecular Hbond substituents is 1. The predicted octanol–water partition coefficient (Wildman–Crippen LogP) is 3.45. The molecule has 0 spiro atoms. The van der Waals surface area contributed by atoms with Crippen LogP contribution in [0.4, 0.5) is 4.39 Å². The fourth-order valence-electron chi connectivity index (χ4n) is 2.57. The molecule has 1 unspecified atom stereocenters. The third-order valence-corrected chi connectivity index (χ3v) is 4.14. The van der Waals surface area contributed by atoms with Crippen LogP contribution >= 0.6 is 0 Å². The average molecular weight is 389 g/mol. The van der Waals surface area contributed by atoms with E-state index in [2.05, 4.69) is 15.6 Å². The molecule has 0 aliphatic heterocycles. The molecule has 0 fully saturated rings. The molecule has 2 aromatic carbocycles. The van der Waals surface area contributed by atoms with Gasteiger partial charge in [-0.25, -0.2) is 9.38 Å². The zero-order chi connectivity index (χ0) is 20.4. The zero-order valence-electron chi connectivity index (χ0n) is 16.5. The van der Waals surface area contributed by atoms with Gasteiger partial charge in [0.1, 0.15) is 6.10 Å². The summed E-state index contributed by atoms with van der Waals surface area (Å²) in [5.41, 5.74) is 0.659. The van der Waals surface area contributed by atoms with Gasteiger partial charge in [0.2, 0.25) is 0 Å². The summed E-state index contributed by atoms with van der Waals surface area (Å²) in [6.07, 6.45) is 0.489. The van der Waals surface area contributed by atoms with Gasteiger partial charge in [0, 0.05) is 12.1 Å². The fraction of sp³-hybridized carbons (Fsp3) is 0.381. The van der Waals surface area contributed by atoms with Gasteiger partial charge in [0.15, 0.2) is 29.0 Å². The van der Waals surface area contributed by atoms with Crippen LogP contribution < -0.4 is 20.1 Å². The Morgan fingerprint density at radius 1 is 1.11 bits per heavy atom. The monoisotopic (exact) mass is 389 g/mol. The van der Waals surface area contributed by atoms with Crippen LogP contribution in [0.2, 0.25) is 0 Å². The van der Waals surface area contributed by atoms with E-state index >= 15 is 0 Å². The number of para-hydroxylation sites is 2. The Labute approximate surface area is 165 Å². The Balaban J connectivity index is 2.01. The normalized spacial score (nSPS) is 12.4. The minimum absolute atomic E-state index is 0.0823. The summed E-state index contributed by atoms with van der Waals surface area (Å²) in [7, 11) is 1.51. The molecule has 0 heterocycles. The van der Waals surface area contributed by atoms with Crippen LogP contribution in [0.25, 0.3) is 0 Å². The first-order chi connectivity index (χ1) is 13.6. The van der Waals surface area contributed by atoms with Crippen LogP contribution in [-0.4, -0.2) is 37.4 Å². The molecule has 0 bridgehead atoms. The molecular formula is C21H28FN3O3. The summed E-state index contributed by atoms with van der Waals surface area (Å²) in [5.74, 6) is 0.934. The third-order valence-electron chi connectivity index (χ3n) is 4.14. The molecule has 7 heteroatoms. The number of aromatic hydroxyl groups is 1. The van der Waals surface area contributed by atoms with E-state index in [0.717, 1.165) is 0 Å². The van der Waals surface area contributed by atoms with E-state index in [1.165, 1.54) is 13.2 Å². The van der Waals surface area contributed by atoms with Gasteiger partial charge in [-0.1, -0.05) is 31.2 Å². The largest absolute Gasteiger partial charge is 0.504 e. The maximum absolute atomic E-state index is 13.8. The molecule has 0 radical (unpaired) electrons. The van der Waals surface area contributed by atoms with Crippen molar-refractivity contribution < 1.29 is 19.0 Å². The number of hydrogen-bond donors (Lipinski definition) is 3. The molecule has 152 valence electrons. The highest BCUT2D eigenvalue weighted by Crippen LogP contribution is 2.29. The smallest absolute Gasteiger partial charge is 0.191 e. The number of ether oxygens (including phenoxy) is 2. The minimum Gasteiger partial charge on any atom is -0.504 e. The van der Waals surface area contributed by atoms with E-state index in [1.807, 2.05) is 13.8 Å². The lowest BCUT2D eigenvalue weighted by molar-refractivity contribution is 0.191. The van der Waals surface area contributed by atoms with Crippen molar-refractivity contribution in [1.29, 1.82) is 0 Å². The van der Waals surface area contributed by atoms with Gasteiger partial charge in [0.25, 0.3) is 0 Å². The topological polar surface area (TPSA) is 75.1 Å². The number of phenols is 1. The lowest BCUT2D eigenvalue weighted by Gasteiger charge is -2.20. The van der Waals surface area contributed by atoms with Crippen molar-refractivity contribution >= 4 is 5.96 Å². The quantitative estimate of drug-likeness (QED) is 0.452. The zero-order valence-corrected chi connectivity index (χ0v) is 16.5. The second-order valence-electron chi connectivity index (χ2n) is 6.12. The second-order valence-corrected chi connectivity index (χ2v) is 6.12. The molecule has 28 heavy (non-hydrogen) atoms. The Hall–Kier alpha value is -2.96. The Kier molecular flexibility index (Phi) is 8.39. The van der Waals surface area contributed by atoms with Crippen LogP contribution in [-0.2, 0) is 6.54 Å². The van der Waals surface area contributed by atoms with E-state index < -0.39 is 0 Å². The van der Waals surface area contributed by atoms with Gasteiger partial charge >= 0.3 is 0 Å². The first-order valence-corrected chi connectivity index (χ1v) is 9.37. The maximum atomic E-state index is 13.8. The molecule has 0 amide bonds. The molecule has 2 rings (SSSR count). The number of halogens is 1. The van der Waals surface area contributed by atoms with Crippen molar-refractivity contribution in [2.75, 3.05) is 20.2 Å². The van der Waals surface area contributed by atoms with Gasteiger partial charge in [-0.3, -0.25) is 0 Å². The molecule has 0 aromatic heterocycles. The maximum Gasteiger partial charge on any atom is 0.191 e. The number of methoxy groups -OCH3 is 1. The minimum atomic E-state index is -0.380. The van der Waals surface area contributed by atoms with E-state index in [0.29, 0.717) is 36.8 Å². The van der Waals surface area contributed by atoms with Gasteiger partial charge < -0.3 is 25.2 Å². The van der Waals surface area contributed by atoms with Gasteiger partial charge in [-0.05, 0) is 31.5 Å². The number of guanidine groups is 1. The van der Waals surface area contributed by atoms with Crippen LogP contribution in [0.5, 0.6) is 17.2 Å². The fourth-order valence-corrected chi connectivity index (χ4v) is 2.57. The van der Waals surface area contributed by atoms with Crippen molar-refractivity contribution in [3.63, 3.8) is 0 Å². The van der Waals surface area contributed by atoms with Crippen molar-refractivity contribution in [1.82, 2.24) is 10.6 Å². The van der Waals surface area contributed by atoms with Crippen LogP contribution in [0.15, 0.2) is 47.5 Å². The molecule has 1 atom stereocenters. The molecule has 0 aliphatic rings.